The van der Waals surface area contributed by atoms with Crippen LogP contribution in [-0.2, 0) is 9.59 Å². The van der Waals surface area contributed by atoms with Gasteiger partial charge in [0.1, 0.15) is 28.6 Å². The summed E-state index contributed by atoms with van der Waals surface area (Å²) in [6, 6.07) is 9.85. The lowest BCUT2D eigenvalue weighted by Gasteiger charge is -2.52. The standard InChI is InChI=1S/C29H28N2O9/c1-31(2)22-21-24(34)18-15(11-12-7-9-13(40-3)10-8-12)14-5-4-6-16(32)17(14)23(33)19(18)26(36)29(21,39)27(37)20(25(22)35)28(30)38/h4-11,18,21-22,24,32,34-36,39H,1-3H3,(H2,30,38)/b15-11+. The molecule has 208 valence electrons. The van der Waals surface area contributed by atoms with Crippen LogP contribution in [0.25, 0.3) is 11.6 Å². The highest BCUT2D eigenvalue weighted by Gasteiger charge is 2.67. The van der Waals surface area contributed by atoms with Crippen molar-refractivity contribution in [3.63, 3.8) is 0 Å². The zero-order valence-corrected chi connectivity index (χ0v) is 21.8. The summed E-state index contributed by atoms with van der Waals surface area (Å²) in [5.74, 6) is -8.33. The quantitative estimate of drug-likeness (QED) is 0.302. The molecule has 11 nitrogen and oxygen atoms in total. The number of ether oxygens (including phenoxy) is 1. The number of fused-ring (bicyclic) bond motifs is 3. The number of phenols is 1. The molecule has 0 spiro atoms. The maximum atomic E-state index is 13.8. The first kappa shape index (κ1) is 27.1. The van der Waals surface area contributed by atoms with Crippen LogP contribution in [0.4, 0.5) is 0 Å². The number of methoxy groups -OCH3 is 1. The van der Waals surface area contributed by atoms with Crippen LogP contribution in [0.1, 0.15) is 21.5 Å². The first-order valence-corrected chi connectivity index (χ1v) is 12.4. The third-order valence-corrected chi connectivity index (χ3v) is 7.97. The van der Waals surface area contributed by atoms with Gasteiger partial charge in [-0.05, 0) is 49.0 Å². The van der Waals surface area contributed by atoms with Crippen molar-refractivity contribution in [1.29, 1.82) is 0 Å². The van der Waals surface area contributed by atoms with E-state index in [0.29, 0.717) is 16.9 Å². The summed E-state index contributed by atoms with van der Waals surface area (Å²) in [5.41, 5.74) is 1.90. The Kier molecular flexibility index (Phi) is 6.33. The molecule has 0 fully saturated rings. The number of ketones is 2. The summed E-state index contributed by atoms with van der Waals surface area (Å²) in [5, 5.41) is 56.9. The van der Waals surface area contributed by atoms with Crippen molar-refractivity contribution < 1.29 is 44.7 Å². The van der Waals surface area contributed by atoms with Gasteiger partial charge < -0.3 is 36.0 Å². The van der Waals surface area contributed by atoms with E-state index in [1.807, 2.05) is 0 Å². The molecule has 0 saturated heterocycles. The highest BCUT2D eigenvalue weighted by Crippen LogP contribution is 2.55. The summed E-state index contributed by atoms with van der Waals surface area (Å²) in [6.07, 6.45) is -0.0944. The fourth-order valence-electron chi connectivity index (χ4n) is 6.20. The van der Waals surface area contributed by atoms with E-state index in [2.05, 4.69) is 0 Å². The number of primary amides is 1. The summed E-state index contributed by atoms with van der Waals surface area (Å²) < 4.78 is 5.21. The highest BCUT2D eigenvalue weighted by atomic mass is 16.5. The summed E-state index contributed by atoms with van der Waals surface area (Å²) >= 11 is 0. The van der Waals surface area contributed by atoms with Crippen LogP contribution in [0.3, 0.4) is 0 Å². The predicted molar refractivity (Wildman–Crippen MR) is 142 cm³/mol. The molecule has 0 saturated carbocycles. The third-order valence-electron chi connectivity index (χ3n) is 7.97. The Morgan fingerprint density at radius 2 is 1.73 bits per heavy atom. The van der Waals surface area contributed by atoms with Gasteiger partial charge in [-0.15, -0.1) is 0 Å². The summed E-state index contributed by atoms with van der Waals surface area (Å²) in [7, 11) is 4.47. The van der Waals surface area contributed by atoms with E-state index in [0.717, 1.165) is 0 Å². The number of carbonyl (C=O) groups is 3. The molecular formula is C29H28N2O9. The number of hydrogen-bond donors (Lipinski definition) is 6. The van der Waals surface area contributed by atoms with Crippen LogP contribution in [0.2, 0.25) is 0 Å². The molecule has 5 atom stereocenters. The Morgan fingerprint density at radius 3 is 2.30 bits per heavy atom. The number of nitrogens with zero attached hydrogens (tertiary/aromatic N) is 1. The number of phenolic OH excluding ortho intramolecular Hbond substituents is 1. The molecule has 2 aromatic rings. The highest BCUT2D eigenvalue weighted by molar-refractivity contribution is 6.25. The molecule has 0 aromatic heterocycles. The Hall–Kier alpha value is -4.45. The van der Waals surface area contributed by atoms with Crippen LogP contribution in [0, 0.1) is 11.8 Å². The van der Waals surface area contributed by atoms with E-state index in [-0.39, 0.29) is 11.1 Å². The molecule has 11 heteroatoms. The maximum Gasteiger partial charge on any atom is 0.255 e. The first-order chi connectivity index (χ1) is 18.9. The number of aromatic hydroxyl groups is 1. The molecule has 1 amide bonds. The van der Waals surface area contributed by atoms with Gasteiger partial charge in [-0.1, -0.05) is 30.3 Å². The van der Waals surface area contributed by atoms with Crippen LogP contribution in [0.5, 0.6) is 11.5 Å². The van der Waals surface area contributed by atoms with Gasteiger partial charge in [0.05, 0.1) is 36.3 Å². The SMILES string of the molecule is COc1ccc(/C=C2\c3cccc(O)c3C(=O)C3=C(O)C4(O)C(=O)C(C(N)=O)=C(O)C(N(C)C)C4C(O)C32)cc1. The molecular weight excluding hydrogens is 520 g/mol. The van der Waals surface area contributed by atoms with Crippen LogP contribution in [-0.4, -0.2) is 86.9 Å². The second-order valence-electron chi connectivity index (χ2n) is 10.3. The smallest absolute Gasteiger partial charge is 0.255 e. The minimum absolute atomic E-state index is 0.199. The number of aliphatic hydroxyl groups is 4. The van der Waals surface area contributed by atoms with Gasteiger partial charge in [-0.2, -0.15) is 0 Å². The summed E-state index contributed by atoms with van der Waals surface area (Å²) in [6.45, 7) is 0. The molecule has 3 aliphatic carbocycles. The van der Waals surface area contributed by atoms with Crippen LogP contribution < -0.4 is 10.5 Å². The van der Waals surface area contributed by atoms with E-state index in [1.54, 1.807) is 36.4 Å². The predicted octanol–water partition coefficient (Wildman–Crippen LogP) is 1.10. The van der Waals surface area contributed by atoms with Gasteiger partial charge in [0.2, 0.25) is 5.78 Å². The Morgan fingerprint density at radius 1 is 1.07 bits per heavy atom. The molecule has 7 N–H and O–H groups in total. The van der Waals surface area contributed by atoms with E-state index in [1.165, 1.54) is 38.2 Å². The molecule has 0 radical (unpaired) electrons. The van der Waals surface area contributed by atoms with Crippen molar-refractivity contribution in [3.05, 3.63) is 81.8 Å². The van der Waals surface area contributed by atoms with Crippen molar-refractivity contribution >= 4 is 29.1 Å². The number of carbonyl (C=O) groups excluding carboxylic acids is 3. The number of hydrogen-bond acceptors (Lipinski definition) is 10. The van der Waals surface area contributed by atoms with Gasteiger partial charge in [0.25, 0.3) is 5.91 Å². The van der Waals surface area contributed by atoms with Crippen LogP contribution >= 0.6 is 0 Å². The lowest BCUT2D eigenvalue weighted by Crippen LogP contribution is -2.68. The number of Topliss-reactive ketones (excluding diaryl/α,β-unsaturated/α-hetero) is 2. The van der Waals surface area contributed by atoms with Crippen molar-refractivity contribution in [2.24, 2.45) is 17.6 Å². The average molecular weight is 549 g/mol. The second-order valence-corrected chi connectivity index (χ2v) is 10.3. The van der Waals surface area contributed by atoms with Gasteiger partial charge in [0, 0.05) is 5.92 Å². The first-order valence-electron chi connectivity index (χ1n) is 12.4. The largest absolute Gasteiger partial charge is 0.510 e. The van der Waals surface area contributed by atoms with Crippen molar-refractivity contribution in [3.8, 4) is 11.5 Å². The molecule has 5 rings (SSSR count). The Labute approximate surface area is 228 Å². The molecule has 0 bridgehead atoms. The number of amides is 1. The monoisotopic (exact) mass is 548 g/mol. The second kappa shape index (κ2) is 9.33. The van der Waals surface area contributed by atoms with Crippen molar-refractivity contribution in [2.75, 3.05) is 21.2 Å². The van der Waals surface area contributed by atoms with Crippen LogP contribution in [0.15, 0.2) is 65.1 Å². The Balaban J connectivity index is 1.84. The van der Waals surface area contributed by atoms with Gasteiger partial charge in [0.15, 0.2) is 11.4 Å². The molecule has 5 unspecified atom stereocenters. The zero-order chi connectivity index (χ0) is 29.3. The number of benzene rings is 2. The van der Waals surface area contributed by atoms with Gasteiger partial charge in [-0.25, -0.2) is 0 Å². The molecule has 0 aliphatic heterocycles. The molecule has 2 aromatic carbocycles. The molecule has 0 heterocycles. The average Bonchev–Trinajstić information content (AvgIpc) is 2.90. The normalized spacial score (nSPS) is 28.9. The number of aliphatic hydroxyl groups excluding tert-OH is 3. The lowest BCUT2D eigenvalue weighted by atomic mass is 9.56. The topological polar surface area (TPSA) is 191 Å². The van der Waals surface area contributed by atoms with E-state index in [9.17, 15) is 39.9 Å². The van der Waals surface area contributed by atoms with E-state index >= 15 is 0 Å². The number of nitrogens with two attached hydrogens (primary N) is 1. The lowest BCUT2D eigenvalue weighted by molar-refractivity contribution is -0.159. The fourth-order valence-corrected chi connectivity index (χ4v) is 6.20. The minimum Gasteiger partial charge on any atom is -0.510 e. The molecule has 3 aliphatic rings. The van der Waals surface area contributed by atoms with E-state index in [4.69, 9.17) is 10.5 Å². The summed E-state index contributed by atoms with van der Waals surface area (Å²) in [4.78, 5) is 40.9. The third kappa shape index (κ3) is 3.59. The van der Waals surface area contributed by atoms with Gasteiger partial charge >= 0.3 is 0 Å². The van der Waals surface area contributed by atoms with Gasteiger partial charge in [-0.3, -0.25) is 19.3 Å². The number of rotatable bonds is 4. The van der Waals surface area contributed by atoms with Crippen molar-refractivity contribution in [2.45, 2.75) is 17.7 Å². The van der Waals surface area contributed by atoms with Crippen molar-refractivity contribution in [1.82, 2.24) is 4.90 Å². The number of likely N-dealkylation sites (N-methyl/N-ethyl adjacent to an activating group) is 1. The van der Waals surface area contributed by atoms with E-state index < -0.39 is 75.5 Å². The fraction of sp³-hybridized carbons (Fsp3) is 0.276. The molecule has 40 heavy (non-hydrogen) atoms. The Bertz CT molecular complexity index is 1550. The zero-order valence-electron chi connectivity index (χ0n) is 21.8. The maximum absolute atomic E-state index is 13.8. The minimum atomic E-state index is -2.99.